The highest BCUT2D eigenvalue weighted by molar-refractivity contribution is 5.31. The molecule has 0 aliphatic carbocycles. The first-order valence-corrected chi connectivity index (χ1v) is 4.97. The average Bonchev–Trinajstić information content (AvgIpc) is 2.09. The van der Waals surface area contributed by atoms with E-state index >= 15 is 0 Å². The van der Waals surface area contributed by atoms with Gasteiger partial charge in [0.1, 0.15) is 0 Å². The summed E-state index contributed by atoms with van der Waals surface area (Å²) in [7, 11) is 4.17. The minimum absolute atomic E-state index is 0.00387. The van der Waals surface area contributed by atoms with E-state index in [2.05, 4.69) is 57.7 Å². The molecule has 0 saturated heterocycles. The molecule has 0 bridgehead atoms. The molecule has 2 heteroatoms. The standard InChI is InChI=1S/C12H20N2/c1-9-7-8-13-11(10(9)2)12(3,4)14(5)6/h7-8H,1-6H3. The Balaban J connectivity index is 3.26. The molecule has 0 fully saturated rings. The van der Waals surface area contributed by atoms with Crippen molar-refractivity contribution in [3.05, 3.63) is 29.1 Å². The average molecular weight is 192 g/mol. The van der Waals surface area contributed by atoms with Crippen LogP contribution in [0.5, 0.6) is 0 Å². The van der Waals surface area contributed by atoms with Crippen LogP contribution in [0.4, 0.5) is 0 Å². The highest BCUT2D eigenvalue weighted by Crippen LogP contribution is 2.27. The quantitative estimate of drug-likeness (QED) is 0.715. The Hall–Kier alpha value is -0.890. The van der Waals surface area contributed by atoms with Crippen LogP contribution in [0.25, 0.3) is 0 Å². The van der Waals surface area contributed by atoms with Crippen molar-refractivity contribution >= 4 is 0 Å². The molecule has 0 saturated carbocycles. The number of hydrogen-bond acceptors (Lipinski definition) is 2. The highest BCUT2D eigenvalue weighted by atomic mass is 15.1. The van der Waals surface area contributed by atoms with Crippen LogP contribution in [0.3, 0.4) is 0 Å². The van der Waals surface area contributed by atoms with Crippen molar-refractivity contribution < 1.29 is 0 Å². The summed E-state index contributed by atoms with van der Waals surface area (Å²) >= 11 is 0. The van der Waals surface area contributed by atoms with Gasteiger partial charge in [0.2, 0.25) is 0 Å². The van der Waals surface area contributed by atoms with Gasteiger partial charge in [0, 0.05) is 6.20 Å². The third-order valence-corrected chi connectivity index (χ3v) is 3.17. The lowest BCUT2D eigenvalue weighted by Crippen LogP contribution is -2.37. The Morgan fingerprint density at radius 3 is 2.29 bits per heavy atom. The van der Waals surface area contributed by atoms with Crippen molar-refractivity contribution in [2.45, 2.75) is 33.2 Å². The van der Waals surface area contributed by atoms with E-state index in [-0.39, 0.29) is 5.54 Å². The van der Waals surface area contributed by atoms with E-state index in [1.165, 1.54) is 16.8 Å². The highest BCUT2D eigenvalue weighted by Gasteiger charge is 2.26. The summed E-state index contributed by atoms with van der Waals surface area (Å²) < 4.78 is 0. The van der Waals surface area contributed by atoms with E-state index < -0.39 is 0 Å². The maximum absolute atomic E-state index is 4.49. The number of hydrogen-bond donors (Lipinski definition) is 0. The second-order valence-corrected chi connectivity index (χ2v) is 4.55. The zero-order valence-electron chi connectivity index (χ0n) is 10.0. The van der Waals surface area contributed by atoms with Crippen LogP contribution in [0, 0.1) is 13.8 Å². The minimum atomic E-state index is -0.00387. The molecule has 14 heavy (non-hydrogen) atoms. The maximum atomic E-state index is 4.49. The molecule has 0 radical (unpaired) electrons. The zero-order valence-corrected chi connectivity index (χ0v) is 10.0. The number of aryl methyl sites for hydroxylation is 1. The van der Waals surface area contributed by atoms with Gasteiger partial charge in [-0.25, -0.2) is 0 Å². The van der Waals surface area contributed by atoms with Gasteiger partial charge in [-0.2, -0.15) is 0 Å². The number of pyridine rings is 1. The van der Waals surface area contributed by atoms with Crippen LogP contribution in [0.1, 0.15) is 30.7 Å². The van der Waals surface area contributed by atoms with Crippen LogP contribution in [0.15, 0.2) is 12.3 Å². The molecule has 1 heterocycles. The first kappa shape index (κ1) is 11.2. The molecule has 0 aromatic carbocycles. The van der Waals surface area contributed by atoms with Crippen LogP contribution in [-0.4, -0.2) is 24.0 Å². The van der Waals surface area contributed by atoms with Gasteiger partial charge in [0.05, 0.1) is 11.2 Å². The molecule has 1 aromatic rings. The Bertz CT molecular complexity index is 327. The zero-order chi connectivity index (χ0) is 10.9. The molecule has 0 amide bonds. The van der Waals surface area contributed by atoms with Gasteiger partial charge < -0.3 is 0 Å². The summed E-state index contributed by atoms with van der Waals surface area (Å²) in [5, 5.41) is 0. The molecule has 0 aliphatic rings. The lowest BCUT2D eigenvalue weighted by molar-refractivity contribution is 0.191. The molecule has 0 spiro atoms. The largest absolute Gasteiger partial charge is 0.299 e. The van der Waals surface area contributed by atoms with E-state index in [0.717, 1.165) is 0 Å². The number of aromatic nitrogens is 1. The summed E-state index contributed by atoms with van der Waals surface area (Å²) in [6, 6.07) is 2.06. The van der Waals surface area contributed by atoms with Gasteiger partial charge in [-0.05, 0) is 59.0 Å². The normalized spacial score (nSPS) is 12.2. The van der Waals surface area contributed by atoms with E-state index in [1.807, 2.05) is 6.20 Å². The third kappa shape index (κ3) is 1.80. The molecule has 0 unspecified atom stereocenters. The SMILES string of the molecule is Cc1ccnc(C(C)(C)N(C)C)c1C. The predicted octanol–water partition coefficient (Wildman–Crippen LogP) is 2.50. The first-order valence-electron chi connectivity index (χ1n) is 4.97. The fraction of sp³-hybridized carbons (Fsp3) is 0.583. The van der Waals surface area contributed by atoms with Crippen molar-refractivity contribution in [3.8, 4) is 0 Å². The Morgan fingerprint density at radius 1 is 1.21 bits per heavy atom. The second kappa shape index (κ2) is 3.70. The lowest BCUT2D eigenvalue weighted by Gasteiger charge is -2.33. The third-order valence-electron chi connectivity index (χ3n) is 3.17. The van der Waals surface area contributed by atoms with Gasteiger partial charge >= 0.3 is 0 Å². The summed E-state index contributed by atoms with van der Waals surface area (Å²) in [6.45, 7) is 8.67. The summed E-state index contributed by atoms with van der Waals surface area (Å²) in [5.41, 5.74) is 3.77. The van der Waals surface area contributed by atoms with Crippen molar-refractivity contribution in [1.82, 2.24) is 9.88 Å². The fourth-order valence-corrected chi connectivity index (χ4v) is 1.46. The van der Waals surface area contributed by atoms with Gasteiger partial charge in [-0.1, -0.05) is 0 Å². The Morgan fingerprint density at radius 2 is 1.79 bits per heavy atom. The molecule has 1 rings (SSSR count). The van der Waals surface area contributed by atoms with Gasteiger partial charge in [0.15, 0.2) is 0 Å². The lowest BCUT2D eigenvalue weighted by atomic mass is 9.93. The summed E-state index contributed by atoms with van der Waals surface area (Å²) in [5.74, 6) is 0. The monoisotopic (exact) mass is 192 g/mol. The number of nitrogens with zero attached hydrogens (tertiary/aromatic N) is 2. The molecular weight excluding hydrogens is 172 g/mol. The van der Waals surface area contributed by atoms with Crippen molar-refractivity contribution in [2.24, 2.45) is 0 Å². The van der Waals surface area contributed by atoms with Crippen LogP contribution < -0.4 is 0 Å². The molecular formula is C12H20N2. The van der Waals surface area contributed by atoms with Crippen molar-refractivity contribution in [3.63, 3.8) is 0 Å². The molecule has 78 valence electrons. The Labute approximate surface area is 87.0 Å². The maximum Gasteiger partial charge on any atom is 0.0632 e. The van der Waals surface area contributed by atoms with Crippen LogP contribution in [0.2, 0.25) is 0 Å². The van der Waals surface area contributed by atoms with E-state index in [1.54, 1.807) is 0 Å². The van der Waals surface area contributed by atoms with Gasteiger partial charge in [0.25, 0.3) is 0 Å². The summed E-state index contributed by atoms with van der Waals surface area (Å²) in [4.78, 5) is 6.69. The van der Waals surface area contributed by atoms with E-state index in [9.17, 15) is 0 Å². The van der Waals surface area contributed by atoms with Crippen LogP contribution in [-0.2, 0) is 5.54 Å². The smallest absolute Gasteiger partial charge is 0.0632 e. The van der Waals surface area contributed by atoms with Crippen molar-refractivity contribution in [1.29, 1.82) is 0 Å². The Kier molecular flexibility index (Phi) is 2.95. The topological polar surface area (TPSA) is 16.1 Å². The number of rotatable bonds is 2. The second-order valence-electron chi connectivity index (χ2n) is 4.55. The van der Waals surface area contributed by atoms with Crippen molar-refractivity contribution in [2.75, 3.05) is 14.1 Å². The van der Waals surface area contributed by atoms with E-state index in [0.29, 0.717) is 0 Å². The molecule has 0 atom stereocenters. The predicted molar refractivity (Wildman–Crippen MR) is 60.4 cm³/mol. The minimum Gasteiger partial charge on any atom is -0.299 e. The van der Waals surface area contributed by atoms with E-state index in [4.69, 9.17) is 0 Å². The molecule has 1 aromatic heterocycles. The first-order chi connectivity index (χ1) is 6.37. The van der Waals surface area contributed by atoms with Gasteiger partial charge in [-0.3, -0.25) is 9.88 Å². The van der Waals surface area contributed by atoms with Crippen LogP contribution >= 0.6 is 0 Å². The molecule has 0 N–H and O–H groups in total. The fourth-order valence-electron chi connectivity index (χ4n) is 1.46. The van der Waals surface area contributed by atoms with Gasteiger partial charge in [-0.15, -0.1) is 0 Å². The molecule has 2 nitrogen and oxygen atoms in total. The summed E-state index contributed by atoms with van der Waals surface area (Å²) in [6.07, 6.45) is 1.89. The molecule has 0 aliphatic heterocycles.